The molecule has 1 aromatic heterocycles. The smallest absolute Gasteiger partial charge is 0.338 e. The first-order valence-electron chi connectivity index (χ1n) is 10.1. The fraction of sp³-hybridized carbons (Fsp3) is 0.524. The molecule has 1 unspecified atom stereocenters. The highest BCUT2D eigenvalue weighted by molar-refractivity contribution is 6.30. The highest BCUT2D eigenvalue weighted by Crippen LogP contribution is 2.43. The Morgan fingerprint density at radius 2 is 1.90 bits per heavy atom. The van der Waals surface area contributed by atoms with Crippen molar-refractivity contribution >= 4 is 17.5 Å². The zero-order chi connectivity index (χ0) is 21.5. The predicted molar refractivity (Wildman–Crippen MR) is 107 cm³/mol. The summed E-state index contributed by atoms with van der Waals surface area (Å²) in [5.74, 6) is -0.116. The van der Waals surface area contributed by atoms with E-state index in [1.807, 2.05) is 24.3 Å². The minimum absolute atomic E-state index is 0.0680. The Labute approximate surface area is 178 Å². The molecule has 9 heteroatoms. The number of piperazine rings is 1. The molecule has 2 aliphatic rings. The van der Waals surface area contributed by atoms with Crippen LogP contribution in [0.2, 0.25) is 5.02 Å². The summed E-state index contributed by atoms with van der Waals surface area (Å²) >= 11 is 6.04. The van der Waals surface area contributed by atoms with E-state index in [9.17, 15) is 18.0 Å². The topological polar surface area (TPSA) is 41.4 Å². The second kappa shape index (κ2) is 8.23. The number of aromatic nitrogens is 2. The molecule has 1 saturated heterocycles. The van der Waals surface area contributed by atoms with Crippen LogP contribution in [0.3, 0.4) is 0 Å². The number of hydrogen-bond acceptors (Lipinski definition) is 3. The molecular weight excluding hydrogens is 417 g/mol. The molecule has 162 valence electrons. The lowest BCUT2D eigenvalue weighted by Gasteiger charge is -2.36. The lowest BCUT2D eigenvalue weighted by molar-refractivity contribution is -0.143. The second-order valence-corrected chi connectivity index (χ2v) is 8.51. The van der Waals surface area contributed by atoms with E-state index in [4.69, 9.17) is 11.6 Å². The summed E-state index contributed by atoms with van der Waals surface area (Å²) in [6.45, 7) is 4.87. The quantitative estimate of drug-likeness (QED) is 0.694. The molecule has 0 N–H and O–H groups in total. The Balaban J connectivity index is 1.40. The van der Waals surface area contributed by atoms with Gasteiger partial charge in [0.05, 0.1) is 0 Å². The van der Waals surface area contributed by atoms with E-state index in [2.05, 4.69) is 10.00 Å². The zero-order valence-corrected chi connectivity index (χ0v) is 17.5. The average molecular weight is 441 g/mol. The van der Waals surface area contributed by atoms with Crippen LogP contribution in [0.5, 0.6) is 0 Å². The van der Waals surface area contributed by atoms with Gasteiger partial charge in [0, 0.05) is 49.4 Å². The Morgan fingerprint density at radius 1 is 1.20 bits per heavy atom. The number of nitrogens with zero attached hydrogens (tertiary/aromatic N) is 4. The summed E-state index contributed by atoms with van der Waals surface area (Å²) in [7, 11) is 0. The van der Waals surface area contributed by atoms with Gasteiger partial charge in [0.25, 0.3) is 0 Å². The number of carbonyl (C=O) groups is 1. The van der Waals surface area contributed by atoms with E-state index < -0.39 is 17.9 Å². The van der Waals surface area contributed by atoms with Gasteiger partial charge in [-0.3, -0.25) is 14.4 Å². The molecule has 5 nitrogen and oxygen atoms in total. The van der Waals surface area contributed by atoms with Gasteiger partial charge in [-0.05, 0) is 43.5 Å². The SMILES string of the molecule is CC(C(=O)N1CCN(Cc2cccc(Cl)c2)CC1)n1nc(C(F)(F)F)cc1C1CC1. The molecule has 1 aromatic carbocycles. The Hall–Kier alpha value is -2.06. The largest absolute Gasteiger partial charge is 0.435 e. The van der Waals surface area contributed by atoms with Crippen molar-refractivity contribution in [3.05, 3.63) is 52.3 Å². The summed E-state index contributed by atoms with van der Waals surface area (Å²) in [5, 5.41) is 4.45. The minimum Gasteiger partial charge on any atom is -0.338 e. The maximum atomic E-state index is 13.1. The van der Waals surface area contributed by atoms with E-state index in [-0.39, 0.29) is 11.8 Å². The summed E-state index contributed by atoms with van der Waals surface area (Å²) in [5.41, 5.74) is 0.707. The van der Waals surface area contributed by atoms with Crippen LogP contribution in [0.15, 0.2) is 30.3 Å². The zero-order valence-electron chi connectivity index (χ0n) is 16.7. The van der Waals surface area contributed by atoms with Crippen molar-refractivity contribution in [2.45, 2.75) is 44.4 Å². The number of alkyl halides is 3. The van der Waals surface area contributed by atoms with Crippen LogP contribution in [0, 0.1) is 0 Å². The second-order valence-electron chi connectivity index (χ2n) is 8.08. The fourth-order valence-electron chi connectivity index (χ4n) is 3.93. The van der Waals surface area contributed by atoms with Crippen molar-refractivity contribution in [2.75, 3.05) is 26.2 Å². The molecule has 2 aromatic rings. The van der Waals surface area contributed by atoms with Gasteiger partial charge < -0.3 is 4.90 Å². The van der Waals surface area contributed by atoms with Crippen LogP contribution in [0.1, 0.15) is 48.7 Å². The normalized spacial score (nSPS) is 19.2. The van der Waals surface area contributed by atoms with Gasteiger partial charge in [-0.1, -0.05) is 23.7 Å². The number of carbonyl (C=O) groups excluding carboxylic acids is 1. The number of amides is 1. The number of rotatable bonds is 5. The number of hydrogen-bond donors (Lipinski definition) is 0. The molecule has 0 spiro atoms. The van der Waals surface area contributed by atoms with Gasteiger partial charge in [-0.2, -0.15) is 18.3 Å². The highest BCUT2D eigenvalue weighted by atomic mass is 35.5. The van der Waals surface area contributed by atoms with Crippen LogP contribution >= 0.6 is 11.6 Å². The number of benzene rings is 1. The van der Waals surface area contributed by atoms with Crippen molar-refractivity contribution in [3.63, 3.8) is 0 Å². The van der Waals surface area contributed by atoms with Crippen LogP contribution in [-0.4, -0.2) is 51.7 Å². The molecule has 4 rings (SSSR count). The molecule has 0 radical (unpaired) electrons. The molecule has 1 amide bonds. The van der Waals surface area contributed by atoms with E-state index in [1.165, 1.54) is 4.68 Å². The number of halogens is 4. The van der Waals surface area contributed by atoms with Gasteiger partial charge in [0.1, 0.15) is 6.04 Å². The van der Waals surface area contributed by atoms with Gasteiger partial charge in [-0.15, -0.1) is 0 Å². The van der Waals surface area contributed by atoms with Crippen molar-refractivity contribution < 1.29 is 18.0 Å². The van der Waals surface area contributed by atoms with Gasteiger partial charge >= 0.3 is 6.18 Å². The van der Waals surface area contributed by atoms with Crippen molar-refractivity contribution in [2.24, 2.45) is 0 Å². The van der Waals surface area contributed by atoms with Crippen molar-refractivity contribution in [1.82, 2.24) is 19.6 Å². The minimum atomic E-state index is -4.51. The summed E-state index contributed by atoms with van der Waals surface area (Å²) in [4.78, 5) is 17.0. The maximum Gasteiger partial charge on any atom is 0.435 e. The first kappa shape index (κ1) is 21.2. The monoisotopic (exact) mass is 440 g/mol. The Morgan fingerprint density at radius 3 is 2.50 bits per heavy atom. The standard InChI is InChI=1S/C21H24ClF3N4O/c1-14(29-18(16-5-6-16)12-19(26-29)21(23,24)25)20(30)28-9-7-27(8-10-28)13-15-3-2-4-17(22)11-15/h2-4,11-12,14,16H,5-10,13H2,1H3. The molecule has 1 atom stereocenters. The summed E-state index contributed by atoms with van der Waals surface area (Å²) in [6.07, 6.45) is -2.83. The average Bonchev–Trinajstić information content (AvgIpc) is 3.44. The van der Waals surface area contributed by atoms with Gasteiger partial charge in [0.15, 0.2) is 5.69 Å². The summed E-state index contributed by atoms with van der Waals surface area (Å²) in [6, 6.07) is 8.03. The Kier molecular flexibility index (Phi) is 5.81. The molecule has 2 heterocycles. The summed E-state index contributed by atoms with van der Waals surface area (Å²) < 4.78 is 40.7. The fourth-order valence-corrected chi connectivity index (χ4v) is 4.14. The molecule has 1 saturated carbocycles. The molecular formula is C21H24ClF3N4O. The van der Waals surface area contributed by atoms with Gasteiger partial charge in [-0.25, -0.2) is 0 Å². The molecule has 1 aliphatic carbocycles. The van der Waals surface area contributed by atoms with Crippen molar-refractivity contribution in [1.29, 1.82) is 0 Å². The van der Waals surface area contributed by atoms with E-state index in [1.54, 1.807) is 11.8 Å². The van der Waals surface area contributed by atoms with E-state index in [0.29, 0.717) is 36.9 Å². The molecule has 2 fully saturated rings. The van der Waals surface area contributed by atoms with E-state index >= 15 is 0 Å². The lowest BCUT2D eigenvalue weighted by Crippen LogP contribution is -2.50. The maximum absolute atomic E-state index is 13.1. The van der Waals surface area contributed by atoms with Gasteiger partial charge in [0.2, 0.25) is 5.91 Å². The van der Waals surface area contributed by atoms with Crippen LogP contribution in [0.25, 0.3) is 0 Å². The van der Waals surface area contributed by atoms with Crippen LogP contribution in [-0.2, 0) is 17.5 Å². The third-order valence-electron chi connectivity index (χ3n) is 5.75. The lowest BCUT2D eigenvalue weighted by atomic mass is 10.2. The predicted octanol–water partition coefficient (Wildman–Crippen LogP) is 4.34. The van der Waals surface area contributed by atoms with Crippen LogP contribution < -0.4 is 0 Å². The highest BCUT2D eigenvalue weighted by Gasteiger charge is 2.39. The third kappa shape index (κ3) is 4.64. The van der Waals surface area contributed by atoms with E-state index in [0.717, 1.165) is 31.0 Å². The molecule has 1 aliphatic heterocycles. The molecule has 30 heavy (non-hydrogen) atoms. The van der Waals surface area contributed by atoms with Crippen molar-refractivity contribution in [3.8, 4) is 0 Å². The first-order chi connectivity index (χ1) is 14.2. The van der Waals surface area contributed by atoms with Crippen LogP contribution in [0.4, 0.5) is 13.2 Å². The first-order valence-corrected chi connectivity index (χ1v) is 10.5. The third-order valence-corrected chi connectivity index (χ3v) is 5.99. The molecule has 0 bridgehead atoms. The Bertz CT molecular complexity index is 917.